The summed E-state index contributed by atoms with van der Waals surface area (Å²) in [4.78, 5) is 0. The molecule has 78 valence electrons. The van der Waals surface area contributed by atoms with Crippen molar-refractivity contribution in [1.29, 1.82) is 0 Å². The van der Waals surface area contributed by atoms with E-state index in [1.54, 1.807) is 14.2 Å². The quantitative estimate of drug-likeness (QED) is 0.734. The van der Waals surface area contributed by atoms with E-state index < -0.39 is 0 Å². The highest BCUT2D eigenvalue weighted by Crippen LogP contribution is 2.23. The van der Waals surface area contributed by atoms with E-state index in [0.717, 1.165) is 17.9 Å². The zero-order chi connectivity index (χ0) is 10.7. The first kappa shape index (κ1) is 9.84. The Labute approximate surface area is 89.8 Å². The fourth-order valence-electron chi connectivity index (χ4n) is 1.66. The molecule has 0 saturated heterocycles. The van der Waals surface area contributed by atoms with E-state index in [1.165, 1.54) is 11.1 Å². The van der Waals surface area contributed by atoms with Crippen LogP contribution in [0.5, 0.6) is 5.75 Å². The second kappa shape index (κ2) is 4.22. The fraction of sp³-hybridized carbons (Fsp3) is 0.231. The van der Waals surface area contributed by atoms with E-state index in [1.807, 2.05) is 18.2 Å². The summed E-state index contributed by atoms with van der Waals surface area (Å²) in [5, 5.41) is 0. The molecule has 0 heterocycles. The lowest BCUT2D eigenvalue weighted by molar-refractivity contribution is 0.310. The van der Waals surface area contributed by atoms with Crippen LogP contribution in [0, 0.1) is 0 Å². The summed E-state index contributed by atoms with van der Waals surface area (Å²) in [6, 6.07) is 6.09. The van der Waals surface area contributed by atoms with Crippen LogP contribution in [0.25, 0.3) is 6.08 Å². The molecule has 0 N–H and O–H groups in total. The van der Waals surface area contributed by atoms with Crippen LogP contribution in [-0.2, 0) is 11.2 Å². The smallest absolute Gasteiger partial charge is 0.119 e. The average Bonchev–Trinajstić information content (AvgIpc) is 2.49. The number of benzene rings is 1. The molecular formula is C13H14O2. The number of fused-ring (bicyclic) bond motifs is 1. The van der Waals surface area contributed by atoms with Gasteiger partial charge < -0.3 is 9.47 Å². The van der Waals surface area contributed by atoms with Gasteiger partial charge in [-0.25, -0.2) is 0 Å². The monoisotopic (exact) mass is 202 g/mol. The van der Waals surface area contributed by atoms with E-state index in [-0.39, 0.29) is 0 Å². The summed E-state index contributed by atoms with van der Waals surface area (Å²) in [5.74, 6) is 1.79. The number of hydrogen-bond donors (Lipinski definition) is 0. The molecule has 0 saturated carbocycles. The first-order valence-corrected chi connectivity index (χ1v) is 4.92. The van der Waals surface area contributed by atoms with Crippen molar-refractivity contribution in [3.63, 3.8) is 0 Å². The first-order chi connectivity index (χ1) is 7.33. The second-order valence-electron chi connectivity index (χ2n) is 3.42. The van der Waals surface area contributed by atoms with Crippen molar-refractivity contribution < 1.29 is 9.47 Å². The lowest BCUT2D eigenvalue weighted by atomic mass is 10.0. The Morgan fingerprint density at radius 3 is 2.73 bits per heavy atom. The maximum Gasteiger partial charge on any atom is 0.119 e. The van der Waals surface area contributed by atoms with Crippen molar-refractivity contribution in [2.75, 3.05) is 14.2 Å². The molecule has 2 nitrogen and oxygen atoms in total. The molecule has 1 aromatic carbocycles. The second-order valence-corrected chi connectivity index (χ2v) is 3.42. The molecule has 0 spiro atoms. The minimum absolute atomic E-state index is 0.888. The van der Waals surface area contributed by atoms with Gasteiger partial charge in [0.2, 0.25) is 0 Å². The fourth-order valence-corrected chi connectivity index (χ4v) is 1.66. The summed E-state index contributed by atoms with van der Waals surface area (Å²) in [5.41, 5.74) is 2.45. The van der Waals surface area contributed by atoms with Crippen LogP contribution < -0.4 is 4.74 Å². The maximum atomic E-state index is 5.23. The molecular weight excluding hydrogens is 188 g/mol. The van der Waals surface area contributed by atoms with Crippen molar-refractivity contribution in [1.82, 2.24) is 0 Å². The predicted molar refractivity (Wildman–Crippen MR) is 60.8 cm³/mol. The Kier molecular flexibility index (Phi) is 2.77. The van der Waals surface area contributed by atoms with Crippen LogP contribution in [-0.4, -0.2) is 14.2 Å². The largest absolute Gasteiger partial charge is 0.497 e. The van der Waals surface area contributed by atoms with Gasteiger partial charge in [0.05, 0.1) is 14.2 Å². The summed E-state index contributed by atoms with van der Waals surface area (Å²) in [6.45, 7) is 0. The van der Waals surface area contributed by atoms with E-state index >= 15 is 0 Å². The van der Waals surface area contributed by atoms with Gasteiger partial charge in [-0.2, -0.15) is 0 Å². The van der Waals surface area contributed by atoms with Gasteiger partial charge in [0.25, 0.3) is 0 Å². The van der Waals surface area contributed by atoms with Crippen LogP contribution in [0.3, 0.4) is 0 Å². The van der Waals surface area contributed by atoms with Gasteiger partial charge >= 0.3 is 0 Å². The Morgan fingerprint density at radius 2 is 2.00 bits per heavy atom. The molecule has 15 heavy (non-hydrogen) atoms. The summed E-state index contributed by atoms with van der Waals surface area (Å²) in [6.07, 6.45) is 7.04. The Morgan fingerprint density at radius 1 is 1.13 bits per heavy atom. The van der Waals surface area contributed by atoms with Crippen molar-refractivity contribution >= 4 is 6.08 Å². The third-order valence-corrected chi connectivity index (χ3v) is 2.50. The molecule has 0 radical (unpaired) electrons. The molecule has 2 rings (SSSR count). The van der Waals surface area contributed by atoms with Crippen molar-refractivity contribution in [2.45, 2.75) is 6.42 Å². The topological polar surface area (TPSA) is 18.5 Å². The maximum absolute atomic E-state index is 5.23. The molecule has 1 aliphatic carbocycles. The van der Waals surface area contributed by atoms with E-state index in [2.05, 4.69) is 18.2 Å². The number of methoxy groups -OCH3 is 2. The summed E-state index contributed by atoms with van der Waals surface area (Å²) < 4.78 is 10.4. The number of rotatable bonds is 2. The zero-order valence-corrected chi connectivity index (χ0v) is 8.99. The molecule has 0 fully saturated rings. The van der Waals surface area contributed by atoms with Crippen LogP contribution in [0.1, 0.15) is 11.1 Å². The van der Waals surface area contributed by atoms with Gasteiger partial charge in [-0.1, -0.05) is 12.1 Å². The summed E-state index contributed by atoms with van der Waals surface area (Å²) in [7, 11) is 3.37. The molecule has 0 aliphatic heterocycles. The molecule has 0 atom stereocenters. The molecule has 0 unspecified atom stereocenters. The molecule has 1 aromatic rings. The zero-order valence-electron chi connectivity index (χ0n) is 8.99. The van der Waals surface area contributed by atoms with Gasteiger partial charge in [-0.05, 0) is 41.8 Å². The highest BCUT2D eigenvalue weighted by molar-refractivity contribution is 5.61. The van der Waals surface area contributed by atoms with E-state index in [0.29, 0.717) is 0 Å². The van der Waals surface area contributed by atoms with Gasteiger partial charge in [-0.15, -0.1) is 0 Å². The van der Waals surface area contributed by atoms with E-state index in [4.69, 9.17) is 9.47 Å². The van der Waals surface area contributed by atoms with Crippen molar-refractivity contribution in [3.8, 4) is 5.75 Å². The van der Waals surface area contributed by atoms with Crippen molar-refractivity contribution in [2.24, 2.45) is 0 Å². The SMILES string of the molecule is COC1=Cc2ccc(OC)cc2CC=C1. The lowest BCUT2D eigenvalue weighted by Crippen LogP contribution is -1.89. The molecule has 0 bridgehead atoms. The molecule has 1 aliphatic rings. The minimum atomic E-state index is 0.888. The number of ether oxygens (including phenoxy) is 2. The van der Waals surface area contributed by atoms with Crippen LogP contribution in [0.4, 0.5) is 0 Å². The Bertz CT molecular complexity index is 417. The normalized spacial score (nSPS) is 13.9. The first-order valence-electron chi connectivity index (χ1n) is 4.92. The van der Waals surface area contributed by atoms with E-state index in [9.17, 15) is 0 Å². The average molecular weight is 202 g/mol. The van der Waals surface area contributed by atoms with Gasteiger partial charge in [0, 0.05) is 0 Å². The predicted octanol–water partition coefficient (Wildman–Crippen LogP) is 2.79. The molecule has 0 aromatic heterocycles. The van der Waals surface area contributed by atoms with Crippen LogP contribution in [0.15, 0.2) is 36.1 Å². The highest BCUT2D eigenvalue weighted by atomic mass is 16.5. The minimum Gasteiger partial charge on any atom is -0.497 e. The van der Waals surface area contributed by atoms with Gasteiger partial charge in [0.15, 0.2) is 0 Å². The van der Waals surface area contributed by atoms with Crippen LogP contribution >= 0.6 is 0 Å². The molecule has 2 heteroatoms. The van der Waals surface area contributed by atoms with Gasteiger partial charge in [-0.3, -0.25) is 0 Å². The lowest BCUT2D eigenvalue weighted by Gasteiger charge is -2.06. The third-order valence-electron chi connectivity index (χ3n) is 2.50. The standard InChI is InChI=1S/C13H14O2/c1-14-12-5-3-4-10-8-13(15-2)7-6-11(10)9-12/h3,5-9H,4H2,1-2H3. The van der Waals surface area contributed by atoms with Crippen molar-refractivity contribution in [3.05, 3.63) is 47.2 Å². The summed E-state index contributed by atoms with van der Waals surface area (Å²) >= 11 is 0. The third kappa shape index (κ3) is 2.04. The van der Waals surface area contributed by atoms with Crippen LogP contribution in [0.2, 0.25) is 0 Å². The molecule has 0 amide bonds. The highest BCUT2D eigenvalue weighted by Gasteiger charge is 2.05. The Hall–Kier alpha value is -1.70. The number of hydrogen-bond acceptors (Lipinski definition) is 2. The number of allylic oxidation sites excluding steroid dienone is 2. The Balaban J connectivity index is 2.43. The van der Waals surface area contributed by atoms with Gasteiger partial charge in [0.1, 0.15) is 11.5 Å².